The van der Waals surface area contributed by atoms with E-state index in [-0.39, 0.29) is 17.6 Å². The quantitative estimate of drug-likeness (QED) is 0.721. The van der Waals surface area contributed by atoms with Gasteiger partial charge in [-0.25, -0.2) is 0 Å². The molecule has 2 aliphatic heterocycles. The Kier molecular flexibility index (Phi) is 2.81. The van der Waals surface area contributed by atoms with Crippen LogP contribution in [0.2, 0.25) is 0 Å². The van der Waals surface area contributed by atoms with E-state index in [0.29, 0.717) is 42.7 Å². The first-order chi connectivity index (χ1) is 10.1. The van der Waals surface area contributed by atoms with Crippen LogP contribution in [0.1, 0.15) is 51.4 Å². The van der Waals surface area contributed by atoms with Crippen molar-refractivity contribution in [3.05, 3.63) is 0 Å². The minimum atomic E-state index is -0.343. The number of rotatable bonds is 1. The lowest BCUT2D eigenvalue weighted by Gasteiger charge is -2.53. The summed E-state index contributed by atoms with van der Waals surface area (Å²) in [5.74, 6) is 0.919. The molecule has 9 unspecified atom stereocenters. The van der Waals surface area contributed by atoms with E-state index in [4.69, 9.17) is 9.47 Å². The summed E-state index contributed by atoms with van der Waals surface area (Å²) in [6.07, 6.45) is 9.41. The second-order valence-electron chi connectivity index (χ2n) is 8.29. The Morgan fingerprint density at radius 1 is 0.810 bits per heavy atom. The molecule has 1 spiro atoms. The number of aliphatic hydroxyl groups excluding tert-OH is 2. The molecule has 0 aromatic carbocycles. The number of fused-ring (bicyclic) bond motifs is 2. The van der Waals surface area contributed by atoms with Crippen LogP contribution in [0.5, 0.6) is 0 Å². The van der Waals surface area contributed by atoms with E-state index < -0.39 is 0 Å². The molecule has 118 valence electrons. The van der Waals surface area contributed by atoms with Crippen molar-refractivity contribution in [2.75, 3.05) is 0 Å². The van der Waals surface area contributed by atoms with Gasteiger partial charge in [0, 0.05) is 0 Å². The Balaban J connectivity index is 1.43. The van der Waals surface area contributed by atoms with Crippen LogP contribution in [0.15, 0.2) is 0 Å². The zero-order valence-corrected chi connectivity index (χ0v) is 12.5. The van der Waals surface area contributed by atoms with E-state index in [1.165, 1.54) is 12.8 Å². The zero-order chi connectivity index (χ0) is 14.2. The lowest BCUT2D eigenvalue weighted by Crippen LogP contribution is -2.52. The number of hydrogen-bond donors (Lipinski definition) is 2. The second-order valence-corrected chi connectivity index (χ2v) is 8.29. The standard InChI is InChI=1S/C17H26O4/c18-10-6-11(19)16(9-1-2-12-14(5-9)20-12)17(7-10)4-3-13-15(8-17)21-13/h9-16,18-19H,1-8H2. The summed E-state index contributed by atoms with van der Waals surface area (Å²) >= 11 is 0. The van der Waals surface area contributed by atoms with Crippen molar-refractivity contribution < 1.29 is 19.7 Å². The molecule has 5 fully saturated rings. The zero-order valence-electron chi connectivity index (χ0n) is 12.5. The third kappa shape index (κ3) is 2.10. The minimum absolute atomic E-state index is 0.112. The summed E-state index contributed by atoms with van der Waals surface area (Å²) < 4.78 is 11.5. The number of aliphatic hydroxyl groups is 2. The molecule has 3 aliphatic carbocycles. The SMILES string of the molecule is OC1CC(O)C(C2CCC3OC3C2)C2(CCC3OC3C2)C1. The van der Waals surface area contributed by atoms with E-state index in [2.05, 4.69) is 0 Å². The van der Waals surface area contributed by atoms with Crippen molar-refractivity contribution in [1.29, 1.82) is 0 Å². The molecule has 4 nitrogen and oxygen atoms in total. The van der Waals surface area contributed by atoms with Gasteiger partial charge in [0.25, 0.3) is 0 Å². The molecule has 2 heterocycles. The molecule has 3 saturated carbocycles. The smallest absolute Gasteiger partial charge is 0.0847 e. The lowest BCUT2D eigenvalue weighted by atomic mass is 9.53. The highest BCUT2D eigenvalue weighted by molar-refractivity contribution is 5.09. The van der Waals surface area contributed by atoms with Crippen molar-refractivity contribution in [3.8, 4) is 0 Å². The molecule has 5 rings (SSSR count). The normalized spacial score (nSPS) is 62.0. The number of ether oxygens (including phenoxy) is 2. The molecule has 2 N–H and O–H groups in total. The summed E-state index contributed by atoms with van der Waals surface area (Å²) in [6.45, 7) is 0. The molecular weight excluding hydrogens is 268 g/mol. The number of epoxide rings is 2. The maximum atomic E-state index is 10.8. The molecule has 9 atom stereocenters. The third-order valence-corrected chi connectivity index (χ3v) is 7.05. The fraction of sp³-hybridized carbons (Fsp3) is 1.00. The van der Waals surface area contributed by atoms with Crippen LogP contribution in [0.4, 0.5) is 0 Å². The molecule has 0 bridgehead atoms. The van der Waals surface area contributed by atoms with Crippen LogP contribution in [-0.2, 0) is 9.47 Å². The average Bonchev–Trinajstić information content (AvgIpc) is 3.31. The largest absolute Gasteiger partial charge is 0.393 e. The van der Waals surface area contributed by atoms with Crippen molar-refractivity contribution in [2.24, 2.45) is 17.3 Å². The second kappa shape index (κ2) is 4.44. The summed E-state index contributed by atoms with van der Waals surface area (Å²) in [4.78, 5) is 0. The molecular formula is C17H26O4. The molecule has 4 heteroatoms. The maximum Gasteiger partial charge on any atom is 0.0847 e. The summed E-state index contributed by atoms with van der Waals surface area (Å²) in [7, 11) is 0. The monoisotopic (exact) mass is 294 g/mol. The lowest BCUT2D eigenvalue weighted by molar-refractivity contribution is -0.120. The van der Waals surface area contributed by atoms with Gasteiger partial charge in [-0.05, 0) is 68.6 Å². The van der Waals surface area contributed by atoms with Gasteiger partial charge >= 0.3 is 0 Å². The Morgan fingerprint density at radius 3 is 2.43 bits per heavy atom. The van der Waals surface area contributed by atoms with Crippen molar-refractivity contribution >= 4 is 0 Å². The molecule has 0 radical (unpaired) electrons. The molecule has 2 saturated heterocycles. The van der Waals surface area contributed by atoms with E-state index in [1.54, 1.807) is 0 Å². The molecule has 0 amide bonds. The van der Waals surface area contributed by atoms with Gasteiger partial charge in [-0.3, -0.25) is 0 Å². The Morgan fingerprint density at radius 2 is 1.62 bits per heavy atom. The van der Waals surface area contributed by atoms with Gasteiger partial charge in [-0.1, -0.05) is 0 Å². The van der Waals surface area contributed by atoms with Crippen LogP contribution in [0.25, 0.3) is 0 Å². The summed E-state index contributed by atoms with van der Waals surface area (Å²) in [6, 6.07) is 0. The van der Waals surface area contributed by atoms with Crippen LogP contribution >= 0.6 is 0 Å². The first-order valence-electron chi connectivity index (χ1n) is 8.82. The molecule has 0 aromatic heterocycles. The van der Waals surface area contributed by atoms with E-state index >= 15 is 0 Å². The first kappa shape index (κ1) is 13.3. The van der Waals surface area contributed by atoms with Gasteiger partial charge in [0.15, 0.2) is 0 Å². The van der Waals surface area contributed by atoms with E-state index in [9.17, 15) is 10.2 Å². The van der Waals surface area contributed by atoms with Gasteiger partial charge in [-0.2, -0.15) is 0 Å². The summed E-state index contributed by atoms with van der Waals surface area (Å²) in [5, 5.41) is 21.0. The predicted octanol–water partition coefficient (Wildman–Crippen LogP) is 1.62. The highest BCUT2D eigenvalue weighted by Crippen LogP contribution is 2.60. The summed E-state index contributed by atoms with van der Waals surface area (Å²) in [5.41, 5.74) is 0.112. The number of hydrogen-bond acceptors (Lipinski definition) is 4. The van der Waals surface area contributed by atoms with Crippen LogP contribution in [0.3, 0.4) is 0 Å². The van der Waals surface area contributed by atoms with Crippen LogP contribution in [0, 0.1) is 17.3 Å². The van der Waals surface area contributed by atoms with Crippen molar-refractivity contribution in [2.45, 2.75) is 88.0 Å². The minimum Gasteiger partial charge on any atom is -0.393 e. The fourth-order valence-corrected chi connectivity index (χ4v) is 6.13. The Labute approximate surface area is 125 Å². The fourth-order valence-electron chi connectivity index (χ4n) is 6.13. The van der Waals surface area contributed by atoms with Crippen molar-refractivity contribution in [1.82, 2.24) is 0 Å². The van der Waals surface area contributed by atoms with Gasteiger partial charge in [0.05, 0.1) is 36.6 Å². The van der Waals surface area contributed by atoms with Gasteiger partial charge in [0.1, 0.15) is 0 Å². The molecule has 5 aliphatic rings. The van der Waals surface area contributed by atoms with E-state index in [0.717, 1.165) is 32.1 Å². The van der Waals surface area contributed by atoms with Crippen LogP contribution in [-0.4, -0.2) is 46.8 Å². The molecule has 0 aromatic rings. The Bertz CT molecular complexity index is 437. The van der Waals surface area contributed by atoms with Crippen molar-refractivity contribution in [3.63, 3.8) is 0 Å². The first-order valence-corrected chi connectivity index (χ1v) is 8.82. The third-order valence-electron chi connectivity index (χ3n) is 7.05. The van der Waals surface area contributed by atoms with Crippen LogP contribution < -0.4 is 0 Å². The van der Waals surface area contributed by atoms with Gasteiger partial charge in [-0.15, -0.1) is 0 Å². The maximum absolute atomic E-state index is 10.8. The predicted molar refractivity (Wildman–Crippen MR) is 75.7 cm³/mol. The van der Waals surface area contributed by atoms with Gasteiger partial charge in [0.2, 0.25) is 0 Å². The molecule has 21 heavy (non-hydrogen) atoms. The highest BCUT2D eigenvalue weighted by atomic mass is 16.6. The van der Waals surface area contributed by atoms with Gasteiger partial charge < -0.3 is 19.7 Å². The highest BCUT2D eigenvalue weighted by Gasteiger charge is 2.59. The van der Waals surface area contributed by atoms with E-state index in [1.807, 2.05) is 0 Å². The topological polar surface area (TPSA) is 65.5 Å². The average molecular weight is 294 g/mol. The Hall–Kier alpha value is -0.160.